The number of allylic oxidation sites excluding steroid dienone is 3. The quantitative estimate of drug-likeness (QED) is 0.605. The van der Waals surface area contributed by atoms with Gasteiger partial charge in [-0.05, 0) is 57.7 Å². The Morgan fingerprint density at radius 1 is 1.30 bits per heavy atom. The number of nitrogens with one attached hydrogen (secondary N) is 1. The third-order valence-corrected chi connectivity index (χ3v) is 3.86. The average molecular weight is 275 g/mol. The van der Waals surface area contributed by atoms with E-state index in [0.717, 1.165) is 5.47 Å². The van der Waals surface area contributed by atoms with E-state index in [2.05, 4.69) is 10.3 Å². The standard InChI is InChI=1S/C14H22BN3O2/c1-13(2)14(3,4)20-15(19-13)11-6-7-12(18-10-11)17-9-5-8-16/h5-10,12,18H,16H2,1-4H3. The van der Waals surface area contributed by atoms with Gasteiger partial charge in [0.05, 0.1) is 11.2 Å². The van der Waals surface area contributed by atoms with Crippen molar-refractivity contribution in [3.8, 4) is 0 Å². The summed E-state index contributed by atoms with van der Waals surface area (Å²) in [5, 5.41) is 3.18. The summed E-state index contributed by atoms with van der Waals surface area (Å²) in [6, 6.07) is 0. The van der Waals surface area contributed by atoms with Crippen molar-refractivity contribution in [2.24, 2.45) is 10.7 Å². The van der Waals surface area contributed by atoms with E-state index in [0.29, 0.717) is 0 Å². The van der Waals surface area contributed by atoms with Gasteiger partial charge in [0.1, 0.15) is 6.17 Å². The molecule has 2 aliphatic heterocycles. The molecule has 2 rings (SSSR count). The van der Waals surface area contributed by atoms with Crippen LogP contribution in [0.5, 0.6) is 0 Å². The van der Waals surface area contributed by atoms with Crippen molar-refractivity contribution in [1.29, 1.82) is 0 Å². The Hall–Kier alpha value is -1.53. The molecule has 0 aromatic rings. The molecule has 1 unspecified atom stereocenters. The van der Waals surface area contributed by atoms with Gasteiger partial charge < -0.3 is 20.4 Å². The van der Waals surface area contributed by atoms with E-state index in [1.807, 2.05) is 46.0 Å². The fourth-order valence-corrected chi connectivity index (χ4v) is 1.90. The smallest absolute Gasteiger partial charge is 0.405 e. The number of dihydropyridines is 1. The van der Waals surface area contributed by atoms with E-state index in [4.69, 9.17) is 15.0 Å². The summed E-state index contributed by atoms with van der Waals surface area (Å²) in [7, 11) is -0.349. The predicted molar refractivity (Wildman–Crippen MR) is 82.0 cm³/mol. The molecule has 3 N–H and O–H groups in total. The Balaban J connectivity index is 1.99. The molecular formula is C14H22BN3O2. The van der Waals surface area contributed by atoms with Gasteiger partial charge in [-0.15, -0.1) is 0 Å². The molecule has 0 saturated carbocycles. The molecule has 0 bridgehead atoms. The first-order valence-electron chi connectivity index (χ1n) is 6.76. The third-order valence-electron chi connectivity index (χ3n) is 3.86. The van der Waals surface area contributed by atoms with E-state index in [-0.39, 0.29) is 24.5 Å². The maximum absolute atomic E-state index is 5.99. The second-order valence-electron chi connectivity index (χ2n) is 5.89. The molecule has 1 fully saturated rings. The Morgan fingerprint density at radius 2 is 1.95 bits per heavy atom. The molecule has 0 aromatic carbocycles. The Morgan fingerprint density at radius 3 is 2.45 bits per heavy atom. The molecule has 5 nitrogen and oxygen atoms in total. The number of rotatable bonds is 3. The number of hydrogen-bond acceptors (Lipinski definition) is 5. The van der Waals surface area contributed by atoms with Gasteiger partial charge in [-0.3, -0.25) is 4.99 Å². The van der Waals surface area contributed by atoms with Crippen LogP contribution in [0, 0.1) is 0 Å². The van der Waals surface area contributed by atoms with E-state index in [1.54, 1.807) is 12.3 Å². The average Bonchev–Trinajstić information content (AvgIpc) is 2.60. The van der Waals surface area contributed by atoms with Gasteiger partial charge in [0.15, 0.2) is 0 Å². The summed E-state index contributed by atoms with van der Waals surface area (Å²) in [6.07, 6.45) is 10.5. The molecule has 0 amide bonds. The fraction of sp³-hybridized carbons (Fsp3) is 0.500. The summed E-state index contributed by atoms with van der Waals surface area (Å²) in [5.41, 5.74) is 5.55. The van der Waals surface area contributed by atoms with E-state index in [1.165, 1.54) is 6.20 Å². The van der Waals surface area contributed by atoms with E-state index in [9.17, 15) is 0 Å². The monoisotopic (exact) mass is 275 g/mol. The van der Waals surface area contributed by atoms with Crippen LogP contribution in [0.4, 0.5) is 0 Å². The lowest BCUT2D eigenvalue weighted by atomic mass is 9.77. The second-order valence-corrected chi connectivity index (χ2v) is 5.89. The zero-order valence-corrected chi connectivity index (χ0v) is 12.5. The van der Waals surface area contributed by atoms with Crippen LogP contribution in [0.3, 0.4) is 0 Å². The van der Waals surface area contributed by atoms with Crippen LogP contribution in [0.1, 0.15) is 27.7 Å². The molecule has 108 valence electrons. The van der Waals surface area contributed by atoms with Gasteiger partial charge in [0, 0.05) is 6.21 Å². The van der Waals surface area contributed by atoms with Gasteiger partial charge in [-0.2, -0.15) is 0 Å². The minimum atomic E-state index is -0.349. The lowest BCUT2D eigenvalue weighted by Crippen LogP contribution is -2.41. The van der Waals surface area contributed by atoms with Crippen LogP contribution in [0.15, 0.2) is 41.1 Å². The molecule has 2 heterocycles. The molecule has 0 aromatic heterocycles. The summed E-state index contributed by atoms with van der Waals surface area (Å²) in [6.45, 7) is 8.17. The molecule has 0 radical (unpaired) electrons. The van der Waals surface area contributed by atoms with Gasteiger partial charge in [0.25, 0.3) is 0 Å². The molecule has 6 heteroatoms. The first-order valence-corrected chi connectivity index (χ1v) is 6.76. The van der Waals surface area contributed by atoms with Crippen molar-refractivity contribution >= 4 is 13.3 Å². The Kier molecular flexibility index (Phi) is 4.06. The highest BCUT2D eigenvalue weighted by Gasteiger charge is 2.52. The largest absolute Gasteiger partial charge is 0.496 e. The highest BCUT2D eigenvalue weighted by atomic mass is 16.7. The highest BCUT2D eigenvalue weighted by molar-refractivity contribution is 6.55. The number of aliphatic imine (C=N–C) groups is 1. The van der Waals surface area contributed by atoms with Crippen LogP contribution in [-0.2, 0) is 9.31 Å². The van der Waals surface area contributed by atoms with Crippen molar-refractivity contribution in [3.63, 3.8) is 0 Å². The molecule has 0 aliphatic carbocycles. The summed E-state index contributed by atoms with van der Waals surface area (Å²) in [4.78, 5) is 4.28. The molecule has 1 atom stereocenters. The number of nitrogens with zero attached hydrogens (tertiary/aromatic N) is 1. The lowest BCUT2D eigenvalue weighted by molar-refractivity contribution is 0.00578. The molecular weight excluding hydrogens is 253 g/mol. The van der Waals surface area contributed by atoms with Crippen molar-refractivity contribution in [2.45, 2.75) is 45.1 Å². The van der Waals surface area contributed by atoms with Crippen LogP contribution in [0.2, 0.25) is 0 Å². The zero-order chi connectivity index (χ0) is 14.8. The Bertz CT molecular complexity index is 465. The first-order chi connectivity index (χ1) is 9.36. The van der Waals surface area contributed by atoms with Crippen LogP contribution < -0.4 is 11.1 Å². The van der Waals surface area contributed by atoms with Crippen LogP contribution in [-0.4, -0.2) is 30.7 Å². The molecule has 20 heavy (non-hydrogen) atoms. The zero-order valence-electron chi connectivity index (χ0n) is 12.5. The molecule has 0 spiro atoms. The predicted octanol–water partition coefficient (Wildman–Crippen LogP) is 1.53. The maximum atomic E-state index is 5.99. The van der Waals surface area contributed by atoms with Gasteiger partial charge in [0.2, 0.25) is 0 Å². The molecule has 2 aliphatic rings. The van der Waals surface area contributed by atoms with Gasteiger partial charge in [-0.25, -0.2) is 0 Å². The normalized spacial score (nSPS) is 28.1. The van der Waals surface area contributed by atoms with E-state index < -0.39 is 0 Å². The summed E-state index contributed by atoms with van der Waals surface area (Å²) < 4.78 is 12.0. The third kappa shape index (κ3) is 2.97. The number of hydrogen-bond donors (Lipinski definition) is 2. The second kappa shape index (κ2) is 5.46. The first kappa shape index (κ1) is 14.9. The maximum Gasteiger partial charge on any atom is 0.496 e. The van der Waals surface area contributed by atoms with Crippen molar-refractivity contribution in [1.82, 2.24) is 5.32 Å². The van der Waals surface area contributed by atoms with Gasteiger partial charge in [-0.1, -0.05) is 6.08 Å². The topological polar surface area (TPSA) is 68.9 Å². The van der Waals surface area contributed by atoms with Crippen molar-refractivity contribution in [2.75, 3.05) is 0 Å². The van der Waals surface area contributed by atoms with Crippen molar-refractivity contribution in [3.05, 3.63) is 36.1 Å². The summed E-state index contributed by atoms with van der Waals surface area (Å²) in [5.74, 6) is 0. The Labute approximate surface area is 120 Å². The van der Waals surface area contributed by atoms with E-state index >= 15 is 0 Å². The molecule has 1 saturated heterocycles. The minimum absolute atomic E-state index is 0.0858. The fourth-order valence-electron chi connectivity index (χ4n) is 1.90. The highest BCUT2D eigenvalue weighted by Crippen LogP contribution is 2.38. The minimum Gasteiger partial charge on any atom is -0.405 e. The lowest BCUT2D eigenvalue weighted by Gasteiger charge is -2.32. The van der Waals surface area contributed by atoms with Crippen LogP contribution in [0.25, 0.3) is 0 Å². The van der Waals surface area contributed by atoms with Crippen LogP contribution >= 0.6 is 0 Å². The number of nitrogens with two attached hydrogens (primary N) is 1. The van der Waals surface area contributed by atoms with Crippen molar-refractivity contribution < 1.29 is 9.31 Å². The SMILES string of the molecule is CC1(C)OB(C2=CNC(N=CC=CN)C=C2)OC1(C)C. The van der Waals surface area contributed by atoms with Gasteiger partial charge >= 0.3 is 7.12 Å². The summed E-state index contributed by atoms with van der Waals surface area (Å²) >= 11 is 0.